The van der Waals surface area contributed by atoms with Crippen LogP contribution in [0.15, 0.2) is 22.8 Å². The molecule has 0 aliphatic carbocycles. The van der Waals surface area contributed by atoms with Crippen molar-refractivity contribution in [1.82, 2.24) is 15.0 Å². The van der Waals surface area contributed by atoms with Crippen molar-refractivity contribution in [3.05, 3.63) is 44.2 Å². The Bertz CT molecular complexity index is 698. The summed E-state index contributed by atoms with van der Waals surface area (Å²) in [6.07, 6.45) is 1.06. The highest BCUT2D eigenvalue weighted by atomic mass is 79.9. The molecule has 0 aliphatic rings. The molecule has 0 amide bonds. The number of carboxylic acid groups (broad SMARTS) is 1. The normalized spacial score (nSPS) is 10.5. The third kappa shape index (κ3) is 2.82. The molecule has 0 atom stereocenters. The van der Waals surface area contributed by atoms with Crippen LogP contribution in [0, 0.1) is 17.0 Å². The van der Waals surface area contributed by atoms with E-state index in [0.29, 0.717) is 4.47 Å². The quantitative estimate of drug-likeness (QED) is 0.671. The number of nitrogens with zero attached hydrogens (tertiary/aromatic N) is 4. The third-order valence-corrected chi connectivity index (χ3v) is 3.09. The van der Waals surface area contributed by atoms with Crippen LogP contribution >= 0.6 is 15.9 Å². The highest BCUT2D eigenvalue weighted by Gasteiger charge is 2.21. The minimum Gasteiger partial charge on any atom is -0.481 e. The summed E-state index contributed by atoms with van der Waals surface area (Å²) < 4.78 is 1.68. The van der Waals surface area contributed by atoms with Crippen molar-refractivity contribution < 1.29 is 14.8 Å². The molecule has 1 aromatic heterocycles. The second-order valence-corrected chi connectivity index (χ2v) is 4.95. The standard InChI is InChI=1S/C11H9BrN4O4/c1-6-2-8(12)11(9(3-6)16(19)20)15-5-7(13-14-15)4-10(17)18/h2-3,5H,4H2,1H3,(H,17,18). The molecule has 1 N–H and O–H groups in total. The minimum absolute atomic E-state index is 0.136. The summed E-state index contributed by atoms with van der Waals surface area (Å²) in [7, 11) is 0. The summed E-state index contributed by atoms with van der Waals surface area (Å²) in [6.45, 7) is 1.73. The van der Waals surface area contributed by atoms with Gasteiger partial charge in [0.05, 0.1) is 27.7 Å². The first-order valence-corrected chi connectivity index (χ1v) is 6.25. The average molecular weight is 341 g/mol. The molecule has 0 fully saturated rings. The SMILES string of the molecule is Cc1cc(Br)c(-n2cc(CC(=O)O)nn2)c([N+](=O)[O-])c1. The van der Waals surface area contributed by atoms with Crippen LogP contribution in [-0.4, -0.2) is 31.0 Å². The molecule has 1 aromatic carbocycles. The molecule has 2 rings (SSSR count). The van der Waals surface area contributed by atoms with E-state index in [1.165, 1.54) is 16.9 Å². The van der Waals surface area contributed by atoms with Gasteiger partial charge in [-0.2, -0.15) is 0 Å². The summed E-state index contributed by atoms with van der Waals surface area (Å²) >= 11 is 3.25. The molecule has 0 radical (unpaired) electrons. The summed E-state index contributed by atoms with van der Waals surface area (Å²) in [6, 6.07) is 3.12. The van der Waals surface area contributed by atoms with Crippen LogP contribution < -0.4 is 0 Å². The van der Waals surface area contributed by atoms with Gasteiger partial charge in [-0.3, -0.25) is 14.9 Å². The lowest BCUT2D eigenvalue weighted by atomic mass is 10.2. The molecule has 20 heavy (non-hydrogen) atoms. The van der Waals surface area contributed by atoms with Crippen LogP contribution in [0.25, 0.3) is 5.69 Å². The second-order valence-electron chi connectivity index (χ2n) is 4.10. The predicted molar refractivity (Wildman–Crippen MR) is 71.8 cm³/mol. The molecule has 0 saturated heterocycles. The van der Waals surface area contributed by atoms with Crippen LogP contribution in [0.4, 0.5) is 5.69 Å². The Morgan fingerprint density at radius 2 is 2.25 bits per heavy atom. The van der Waals surface area contributed by atoms with Crippen molar-refractivity contribution in [1.29, 1.82) is 0 Å². The molecule has 0 aliphatic heterocycles. The minimum atomic E-state index is -1.05. The van der Waals surface area contributed by atoms with Crippen LogP contribution in [0.2, 0.25) is 0 Å². The Hall–Kier alpha value is -2.29. The Labute approximate surface area is 121 Å². The van der Waals surface area contributed by atoms with Crippen molar-refractivity contribution in [2.45, 2.75) is 13.3 Å². The van der Waals surface area contributed by atoms with Gasteiger partial charge in [-0.15, -0.1) is 5.10 Å². The van der Waals surface area contributed by atoms with Gasteiger partial charge in [0.1, 0.15) is 0 Å². The van der Waals surface area contributed by atoms with Crippen molar-refractivity contribution in [3.8, 4) is 5.69 Å². The number of aryl methyl sites for hydroxylation is 1. The molecular formula is C11H9BrN4O4. The maximum Gasteiger partial charge on any atom is 0.309 e. The fourth-order valence-corrected chi connectivity index (χ4v) is 2.47. The van der Waals surface area contributed by atoms with Crippen LogP contribution in [-0.2, 0) is 11.2 Å². The first-order valence-electron chi connectivity index (χ1n) is 5.46. The van der Waals surface area contributed by atoms with Gasteiger partial charge in [-0.25, -0.2) is 4.68 Å². The molecule has 2 aromatic rings. The number of aromatic nitrogens is 3. The van der Waals surface area contributed by atoms with E-state index in [-0.39, 0.29) is 23.5 Å². The maximum atomic E-state index is 11.1. The first kappa shape index (κ1) is 14.1. The van der Waals surface area contributed by atoms with Crippen molar-refractivity contribution in [3.63, 3.8) is 0 Å². The Morgan fingerprint density at radius 3 is 2.85 bits per heavy atom. The molecule has 8 nitrogen and oxygen atoms in total. The van der Waals surface area contributed by atoms with Crippen molar-refractivity contribution in [2.75, 3.05) is 0 Å². The van der Waals surface area contributed by atoms with E-state index < -0.39 is 10.9 Å². The maximum absolute atomic E-state index is 11.1. The molecule has 1 heterocycles. The first-order chi connectivity index (χ1) is 9.38. The zero-order valence-electron chi connectivity index (χ0n) is 10.3. The Kier molecular flexibility index (Phi) is 3.79. The number of nitro groups is 1. The predicted octanol–water partition coefficient (Wildman–Crippen LogP) is 1.87. The summed E-state index contributed by atoms with van der Waals surface area (Å²) in [4.78, 5) is 21.2. The number of hydrogen-bond acceptors (Lipinski definition) is 5. The van der Waals surface area contributed by atoms with E-state index in [2.05, 4.69) is 26.2 Å². The lowest BCUT2D eigenvalue weighted by Gasteiger charge is -2.06. The van der Waals surface area contributed by atoms with E-state index in [4.69, 9.17) is 5.11 Å². The number of carbonyl (C=O) groups is 1. The van der Waals surface area contributed by atoms with Gasteiger partial charge in [0, 0.05) is 6.07 Å². The van der Waals surface area contributed by atoms with Crippen LogP contribution in [0.5, 0.6) is 0 Å². The lowest BCUT2D eigenvalue weighted by molar-refractivity contribution is -0.384. The van der Waals surface area contributed by atoms with Gasteiger partial charge in [-0.05, 0) is 34.5 Å². The Morgan fingerprint density at radius 1 is 1.55 bits per heavy atom. The van der Waals surface area contributed by atoms with E-state index in [0.717, 1.165) is 5.56 Å². The van der Waals surface area contributed by atoms with Gasteiger partial charge < -0.3 is 5.11 Å². The van der Waals surface area contributed by atoms with E-state index in [1.807, 2.05) is 0 Å². The topological polar surface area (TPSA) is 111 Å². The molecule has 0 bridgehead atoms. The number of nitro benzene ring substituents is 1. The van der Waals surface area contributed by atoms with Gasteiger partial charge in [0.15, 0.2) is 5.69 Å². The van der Waals surface area contributed by atoms with Gasteiger partial charge in [0.25, 0.3) is 5.69 Å². The molecule has 104 valence electrons. The fourth-order valence-electron chi connectivity index (χ4n) is 1.73. The highest BCUT2D eigenvalue weighted by Crippen LogP contribution is 2.31. The van der Waals surface area contributed by atoms with E-state index in [1.54, 1.807) is 13.0 Å². The molecule has 0 saturated carbocycles. The van der Waals surface area contributed by atoms with E-state index in [9.17, 15) is 14.9 Å². The number of hydrogen-bond donors (Lipinski definition) is 1. The third-order valence-electron chi connectivity index (χ3n) is 2.49. The lowest BCUT2D eigenvalue weighted by Crippen LogP contribution is -2.03. The fraction of sp³-hybridized carbons (Fsp3) is 0.182. The smallest absolute Gasteiger partial charge is 0.309 e. The zero-order valence-corrected chi connectivity index (χ0v) is 11.9. The number of rotatable bonds is 4. The largest absolute Gasteiger partial charge is 0.481 e. The summed E-state index contributed by atoms with van der Waals surface area (Å²) in [5.41, 5.74) is 1.02. The van der Waals surface area contributed by atoms with Crippen molar-refractivity contribution >= 4 is 27.6 Å². The van der Waals surface area contributed by atoms with Gasteiger partial charge in [-0.1, -0.05) is 5.21 Å². The molecular weight excluding hydrogens is 332 g/mol. The zero-order chi connectivity index (χ0) is 14.9. The monoisotopic (exact) mass is 340 g/mol. The highest BCUT2D eigenvalue weighted by molar-refractivity contribution is 9.10. The molecule has 0 spiro atoms. The van der Waals surface area contributed by atoms with Crippen molar-refractivity contribution in [2.24, 2.45) is 0 Å². The number of benzene rings is 1. The second kappa shape index (κ2) is 5.37. The average Bonchev–Trinajstić information content (AvgIpc) is 2.74. The van der Waals surface area contributed by atoms with Crippen LogP contribution in [0.3, 0.4) is 0 Å². The Balaban J connectivity index is 2.54. The van der Waals surface area contributed by atoms with Gasteiger partial charge in [0.2, 0.25) is 0 Å². The van der Waals surface area contributed by atoms with Gasteiger partial charge >= 0.3 is 5.97 Å². The number of aliphatic carboxylic acids is 1. The number of carboxylic acids is 1. The van der Waals surface area contributed by atoms with Crippen LogP contribution in [0.1, 0.15) is 11.3 Å². The number of halogens is 1. The summed E-state index contributed by atoms with van der Waals surface area (Å²) in [5, 5.41) is 27.2. The molecule has 9 heteroatoms. The van der Waals surface area contributed by atoms with E-state index >= 15 is 0 Å². The summed E-state index contributed by atoms with van der Waals surface area (Å²) in [5.74, 6) is -1.05. The molecule has 0 unspecified atom stereocenters.